The van der Waals surface area contributed by atoms with E-state index in [1.807, 2.05) is 6.07 Å². The Morgan fingerprint density at radius 2 is 2.46 bits per heavy atom. The average Bonchev–Trinajstić information content (AvgIpc) is 2.09. The van der Waals surface area contributed by atoms with Crippen molar-refractivity contribution in [3.63, 3.8) is 0 Å². The summed E-state index contributed by atoms with van der Waals surface area (Å²) in [5, 5.41) is 17.8. The Morgan fingerprint density at radius 1 is 1.69 bits per heavy atom. The highest BCUT2D eigenvalue weighted by Crippen LogP contribution is 2.13. The fourth-order valence-corrected chi connectivity index (χ4v) is 0.984. The van der Waals surface area contributed by atoms with Gasteiger partial charge in [0.2, 0.25) is 0 Å². The first-order valence-electron chi connectivity index (χ1n) is 3.92. The van der Waals surface area contributed by atoms with Crippen molar-refractivity contribution < 1.29 is 5.11 Å². The lowest BCUT2D eigenvalue weighted by atomic mass is 10.3. The highest BCUT2D eigenvalue weighted by molar-refractivity contribution is 5.24. The van der Waals surface area contributed by atoms with Gasteiger partial charge in [-0.15, -0.1) is 0 Å². The smallest absolute Gasteiger partial charge is 0.138 e. The number of hydrogen-bond donors (Lipinski definition) is 1. The number of rotatable bonds is 3. The molecule has 0 aliphatic rings. The first-order valence-corrected chi connectivity index (χ1v) is 3.92. The summed E-state index contributed by atoms with van der Waals surface area (Å²) >= 11 is 0. The van der Waals surface area contributed by atoms with Crippen LogP contribution in [-0.4, -0.2) is 28.6 Å². The summed E-state index contributed by atoms with van der Waals surface area (Å²) in [4.78, 5) is 5.78. The lowest BCUT2D eigenvalue weighted by Gasteiger charge is -2.11. The minimum Gasteiger partial charge on any atom is -0.506 e. The molecule has 4 heteroatoms. The molecule has 0 saturated heterocycles. The summed E-state index contributed by atoms with van der Waals surface area (Å²) in [6.07, 6.45) is 1.62. The zero-order valence-electron chi connectivity index (χ0n) is 7.44. The van der Waals surface area contributed by atoms with E-state index < -0.39 is 0 Å². The molecule has 68 valence electrons. The Balaban J connectivity index is 2.64. The van der Waals surface area contributed by atoms with Crippen molar-refractivity contribution in [2.45, 2.75) is 6.54 Å². The van der Waals surface area contributed by atoms with E-state index in [-0.39, 0.29) is 5.75 Å². The molecule has 1 aromatic rings. The Bertz CT molecular complexity index is 319. The van der Waals surface area contributed by atoms with Crippen LogP contribution in [0.4, 0.5) is 0 Å². The van der Waals surface area contributed by atoms with E-state index in [4.69, 9.17) is 5.26 Å². The molecule has 0 fully saturated rings. The van der Waals surface area contributed by atoms with E-state index in [1.165, 1.54) is 0 Å². The van der Waals surface area contributed by atoms with Gasteiger partial charge in [-0.1, -0.05) is 0 Å². The number of hydrogen-bond acceptors (Lipinski definition) is 4. The summed E-state index contributed by atoms with van der Waals surface area (Å²) in [6.45, 7) is 0.816. The first kappa shape index (κ1) is 9.49. The Labute approximate surface area is 77.1 Å². The summed E-state index contributed by atoms with van der Waals surface area (Å²) in [5.41, 5.74) is 0.597. The molecule has 0 aliphatic carbocycles. The molecule has 0 aliphatic heterocycles. The van der Waals surface area contributed by atoms with Crippen LogP contribution in [0.15, 0.2) is 18.3 Å². The normalized spacial score (nSPS) is 9.92. The van der Waals surface area contributed by atoms with Gasteiger partial charge < -0.3 is 5.11 Å². The lowest BCUT2D eigenvalue weighted by molar-refractivity contribution is 0.350. The summed E-state index contributed by atoms with van der Waals surface area (Å²) in [5.74, 6) is 0.173. The Kier molecular flexibility index (Phi) is 3.23. The van der Waals surface area contributed by atoms with Crippen LogP contribution in [0.2, 0.25) is 0 Å². The first-order chi connectivity index (χ1) is 6.24. The predicted molar refractivity (Wildman–Crippen MR) is 47.8 cm³/mol. The highest BCUT2D eigenvalue weighted by atomic mass is 16.3. The molecule has 1 heterocycles. The largest absolute Gasteiger partial charge is 0.506 e. The van der Waals surface area contributed by atoms with Crippen LogP contribution < -0.4 is 0 Å². The molecule has 0 unspecified atom stereocenters. The number of aromatic nitrogens is 1. The number of nitrogens with zero attached hydrogens (tertiary/aromatic N) is 3. The van der Waals surface area contributed by atoms with Crippen LogP contribution in [0.25, 0.3) is 0 Å². The Hall–Kier alpha value is -1.60. The standard InChI is InChI=1S/C9H11N3O/c1-12(6-4-10)7-8-9(13)3-2-5-11-8/h2-3,5,13H,6-7H2,1H3. The molecule has 0 atom stereocenters. The SMILES string of the molecule is CN(CC#N)Cc1ncccc1O. The average molecular weight is 177 g/mol. The van der Waals surface area contributed by atoms with Gasteiger partial charge in [0.1, 0.15) is 5.75 Å². The van der Waals surface area contributed by atoms with E-state index in [2.05, 4.69) is 4.98 Å². The van der Waals surface area contributed by atoms with Crippen LogP contribution in [0.5, 0.6) is 5.75 Å². The number of nitriles is 1. The summed E-state index contributed by atoms with van der Waals surface area (Å²) in [6, 6.07) is 5.28. The zero-order chi connectivity index (χ0) is 9.68. The maximum Gasteiger partial charge on any atom is 0.138 e. The molecule has 0 bridgehead atoms. The van der Waals surface area contributed by atoms with Crippen LogP contribution in [0.1, 0.15) is 5.69 Å². The van der Waals surface area contributed by atoms with E-state index >= 15 is 0 Å². The van der Waals surface area contributed by atoms with Crippen LogP contribution in [0, 0.1) is 11.3 Å². The van der Waals surface area contributed by atoms with E-state index in [0.29, 0.717) is 18.8 Å². The minimum absolute atomic E-state index is 0.173. The molecule has 0 amide bonds. The van der Waals surface area contributed by atoms with Crippen LogP contribution in [-0.2, 0) is 6.54 Å². The molecule has 0 radical (unpaired) electrons. The van der Waals surface area contributed by atoms with Gasteiger partial charge >= 0.3 is 0 Å². The molecule has 1 aromatic heterocycles. The van der Waals surface area contributed by atoms with Crippen molar-refractivity contribution in [2.24, 2.45) is 0 Å². The topological polar surface area (TPSA) is 60.2 Å². The molecule has 0 spiro atoms. The maximum absolute atomic E-state index is 9.36. The van der Waals surface area contributed by atoms with Gasteiger partial charge in [-0.05, 0) is 19.2 Å². The van der Waals surface area contributed by atoms with E-state index in [9.17, 15) is 5.11 Å². The van der Waals surface area contributed by atoms with Gasteiger partial charge in [0.25, 0.3) is 0 Å². The van der Waals surface area contributed by atoms with Crippen LogP contribution >= 0.6 is 0 Å². The van der Waals surface area contributed by atoms with Gasteiger partial charge in [0.05, 0.1) is 18.3 Å². The van der Waals surface area contributed by atoms with Crippen molar-refractivity contribution >= 4 is 0 Å². The van der Waals surface area contributed by atoms with E-state index in [0.717, 1.165) is 0 Å². The fraction of sp³-hybridized carbons (Fsp3) is 0.333. The minimum atomic E-state index is 0.173. The monoisotopic (exact) mass is 177 g/mol. The number of aromatic hydroxyl groups is 1. The van der Waals surface area contributed by atoms with Crippen molar-refractivity contribution in [1.29, 1.82) is 5.26 Å². The second kappa shape index (κ2) is 4.43. The second-order valence-corrected chi connectivity index (χ2v) is 2.80. The van der Waals surface area contributed by atoms with Gasteiger partial charge in [-0.25, -0.2) is 0 Å². The lowest BCUT2D eigenvalue weighted by Crippen LogP contribution is -2.18. The molecule has 0 saturated carbocycles. The van der Waals surface area contributed by atoms with Gasteiger partial charge in [-0.2, -0.15) is 5.26 Å². The summed E-state index contributed by atoms with van der Waals surface area (Å²) < 4.78 is 0. The molecular formula is C9H11N3O. The maximum atomic E-state index is 9.36. The van der Waals surface area contributed by atoms with Gasteiger partial charge in [-0.3, -0.25) is 9.88 Å². The van der Waals surface area contributed by atoms with Gasteiger partial charge in [0, 0.05) is 12.7 Å². The quantitative estimate of drug-likeness (QED) is 0.692. The molecule has 1 rings (SSSR count). The molecule has 4 nitrogen and oxygen atoms in total. The molecule has 0 aromatic carbocycles. The Morgan fingerprint density at radius 3 is 3.08 bits per heavy atom. The number of pyridine rings is 1. The second-order valence-electron chi connectivity index (χ2n) is 2.80. The molecular weight excluding hydrogens is 166 g/mol. The third kappa shape index (κ3) is 2.73. The van der Waals surface area contributed by atoms with Crippen LogP contribution in [0.3, 0.4) is 0 Å². The zero-order valence-corrected chi connectivity index (χ0v) is 7.44. The predicted octanol–water partition coefficient (Wildman–Crippen LogP) is 0.743. The molecule has 1 N–H and O–H groups in total. The van der Waals surface area contributed by atoms with Crippen molar-refractivity contribution in [1.82, 2.24) is 9.88 Å². The highest BCUT2D eigenvalue weighted by Gasteiger charge is 2.04. The van der Waals surface area contributed by atoms with Gasteiger partial charge in [0.15, 0.2) is 0 Å². The fourth-order valence-electron chi connectivity index (χ4n) is 0.984. The van der Waals surface area contributed by atoms with Crippen molar-refractivity contribution in [2.75, 3.05) is 13.6 Å². The molecule has 13 heavy (non-hydrogen) atoms. The van der Waals surface area contributed by atoms with E-state index in [1.54, 1.807) is 30.3 Å². The van der Waals surface area contributed by atoms with Crippen molar-refractivity contribution in [3.8, 4) is 11.8 Å². The third-order valence-corrected chi connectivity index (χ3v) is 1.63. The third-order valence-electron chi connectivity index (χ3n) is 1.63. The summed E-state index contributed by atoms with van der Waals surface area (Å²) in [7, 11) is 1.80. The van der Waals surface area contributed by atoms with Crippen molar-refractivity contribution in [3.05, 3.63) is 24.0 Å².